The van der Waals surface area contributed by atoms with Crippen LogP contribution >= 0.6 is 11.6 Å². The number of ketones is 1. The highest BCUT2D eigenvalue weighted by Gasteiger charge is 2.26. The molecule has 1 fully saturated rings. The highest BCUT2D eigenvalue weighted by molar-refractivity contribution is 7.89. The number of carbonyl (C=O) groups excluding carboxylic acids is 3. The number of piperidine rings is 1. The van der Waals surface area contributed by atoms with E-state index in [1.807, 2.05) is 19.1 Å². The molecule has 0 unspecified atom stereocenters. The van der Waals surface area contributed by atoms with Crippen LogP contribution in [0.15, 0.2) is 71.6 Å². The Morgan fingerprint density at radius 3 is 2.37 bits per heavy atom. The van der Waals surface area contributed by atoms with Gasteiger partial charge in [0.2, 0.25) is 15.9 Å². The van der Waals surface area contributed by atoms with Crippen molar-refractivity contribution >= 4 is 61.5 Å². The summed E-state index contributed by atoms with van der Waals surface area (Å²) in [4.78, 5) is 44.0. The van der Waals surface area contributed by atoms with Crippen LogP contribution in [0.1, 0.15) is 35.3 Å². The molecule has 49 heavy (non-hydrogen) atoms. The molecule has 0 radical (unpaired) electrons. The predicted molar refractivity (Wildman–Crippen MR) is 188 cm³/mol. The quantitative estimate of drug-likeness (QED) is 0.193. The molecule has 2 N–H and O–H groups in total. The van der Waals surface area contributed by atoms with E-state index in [1.54, 1.807) is 41.3 Å². The number of sulfonamides is 1. The van der Waals surface area contributed by atoms with Crippen LogP contribution in [-0.4, -0.2) is 87.1 Å². The number of hydrogen-bond acceptors (Lipinski definition) is 9. The summed E-state index contributed by atoms with van der Waals surface area (Å²) in [5.74, 6) is 0.251. The third-order valence-electron chi connectivity index (χ3n) is 8.19. The normalized spacial score (nSPS) is 13.4. The lowest BCUT2D eigenvalue weighted by Crippen LogP contribution is -2.38. The summed E-state index contributed by atoms with van der Waals surface area (Å²) < 4.78 is 39.6. The standard InChI is InChI=1S/C35H38ClN5O7S/c1-23-20-32(29-22-25(36)5-11-30(29)38-23)37-15-19-41(49(45,46)28-8-6-27(47-2)7-9-28)18-14-34(43)39-31-10-4-24(21-33(31)48-3)35(44)40-16-12-26(42)13-17-40/h4-11,20-22H,12-19H2,1-3H3,(H,37,38)(H,39,43). The van der Waals surface area contributed by atoms with E-state index in [-0.39, 0.29) is 48.4 Å². The number of ether oxygens (including phenoxy) is 2. The number of methoxy groups -OCH3 is 2. The number of fused-ring (bicyclic) bond motifs is 1. The van der Waals surface area contributed by atoms with Gasteiger partial charge < -0.3 is 25.0 Å². The summed E-state index contributed by atoms with van der Waals surface area (Å²) in [6.07, 6.45) is 0.495. The Labute approximate surface area is 290 Å². The molecule has 12 nitrogen and oxygen atoms in total. The molecule has 1 saturated heterocycles. The first-order valence-corrected chi connectivity index (χ1v) is 17.5. The Morgan fingerprint density at radius 1 is 0.939 bits per heavy atom. The number of hydrogen-bond donors (Lipinski definition) is 2. The Bertz CT molecular complexity index is 1960. The van der Waals surface area contributed by atoms with Gasteiger partial charge in [0.25, 0.3) is 5.91 Å². The van der Waals surface area contributed by atoms with E-state index in [4.69, 9.17) is 21.1 Å². The number of benzene rings is 3. The first-order chi connectivity index (χ1) is 23.5. The Balaban J connectivity index is 1.29. The van der Waals surface area contributed by atoms with E-state index in [0.717, 1.165) is 22.3 Å². The molecular weight excluding hydrogens is 670 g/mol. The lowest BCUT2D eigenvalue weighted by Gasteiger charge is -2.26. The van der Waals surface area contributed by atoms with Gasteiger partial charge in [-0.2, -0.15) is 4.31 Å². The number of carbonyl (C=O) groups is 3. The minimum atomic E-state index is -4.01. The van der Waals surface area contributed by atoms with Gasteiger partial charge in [-0.05, 0) is 73.7 Å². The number of aryl methyl sites for hydroxylation is 1. The largest absolute Gasteiger partial charge is 0.497 e. The number of likely N-dealkylation sites (tertiary alicyclic amines) is 1. The predicted octanol–water partition coefficient (Wildman–Crippen LogP) is 5.15. The number of halogens is 1. The number of nitrogens with one attached hydrogen (secondary N) is 2. The average molecular weight is 708 g/mol. The molecule has 0 spiro atoms. The van der Waals surface area contributed by atoms with Crippen LogP contribution in [0, 0.1) is 6.92 Å². The van der Waals surface area contributed by atoms with Crippen molar-refractivity contribution in [3.8, 4) is 11.5 Å². The van der Waals surface area contributed by atoms with Gasteiger partial charge >= 0.3 is 0 Å². The van der Waals surface area contributed by atoms with Crippen molar-refractivity contribution in [1.82, 2.24) is 14.2 Å². The second kappa shape index (κ2) is 15.7. The van der Waals surface area contributed by atoms with Crippen LogP contribution in [0.3, 0.4) is 0 Å². The average Bonchev–Trinajstić information content (AvgIpc) is 3.10. The van der Waals surface area contributed by atoms with Crippen molar-refractivity contribution in [2.24, 2.45) is 0 Å². The lowest BCUT2D eigenvalue weighted by molar-refractivity contribution is -0.121. The number of rotatable bonds is 13. The van der Waals surface area contributed by atoms with Gasteiger partial charge in [0, 0.05) is 79.3 Å². The van der Waals surface area contributed by atoms with Crippen molar-refractivity contribution < 1.29 is 32.3 Å². The third kappa shape index (κ3) is 8.66. The number of anilines is 2. The summed E-state index contributed by atoms with van der Waals surface area (Å²) in [6, 6.07) is 18.0. The van der Waals surface area contributed by atoms with Gasteiger partial charge in [-0.15, -0.1) is 0 Å². The van der Waals surface area contributed by atoms with Gasteiger partial charge in [-0.1, -0.05) is 11.6 Å². The number of pyridine rings is 1. The highest BCUT2D eigenvalue weighted by Crippen LogP contribution is 2.28. The fourth-order valence-corrected chi connectivity index (χ4v) is 7.16. The first kappa shape index (κ1) is 35.6. The molecule has 4 aromatic rings. The molecule has 258 valence electrons. The van der Waals surface area contributed by atoms with Crippen molar-refractivity contribution in [2.75, 3.05) is 57.6 Å². The Hall–Kier alpha value is -4.72. The number of amides is 2. The van der Waals surface area contributed by atoms with Crippen LogP contribution in [-0.2, 0) is 19.6 Å². The number of Topliss-reactive ketones (excluding diaryl/α,β-unsaturated/α-hetero) is 1. The Morgan fingerprint density at radius 2 is 1.67 bits per heavy atom. The van der Waals surface area contributed by atoms with Crippen LogP contribution in [0.25, 0.3) is 10.9 Å². The van der Waals surface area contributed by atoms with Gasteiger partial charge in [-0.25, -0.2) is 8.42 Å². The molecule has 0 bridgehead atoms. The van der Waals surface area contributed by atoms with Crippen LogP contribution < -0.4 is 20.1 Å². The molecule has 0 saturated carbocycles. The summed E-state index contributed by atoms with van der Waals surface area (Å²) in [6.45, 7) is 2.75. The maximum absolute atomic E-state index is 13.8. The SMILES string of the molecule is COc1ccc(S(=O)(=O)N(CCNc2cc(C)nc3ccc(Cl)cc23)CCC(=O)Nc2ccc(C(=O)N3CCC(=O)CC3)cc2OC)cc1. The Kier molecular flexibility index (Phi) is 11.4. The zero-order chi connectivity index (χ0) is 35.1. The molecule has 2 heterocycles. The van der Waals surface area contributed by atoms with Crippen molar-refractivity contribution in [3.05, 3.63) is 83.0 Å². The van der Waals surface area contributed by atoms with Crippen LogP contribution in [0.5, 0.6) is 11.5 Å². The molecule has 3 aromatic carbocycles. The van der Waals surface area contributed by atoms with E-state index < -0.39 is 15.9 Å². The van der Waals surface area contributed by atoms with Gasteiger partial charge in [0.1, 0.15) is 17.3 Å². The zero-order valence-electron chi connectivity index (χ0n) is 27.5. The highest BCUT2D eigenvalue weighted by atomic mass is 35.5. The van der Waals surface area contributed by atoms with E-state index in [1.165, 1.54) is 36.7 Å². The minimum Gasteiger partial charge on any atom is -0.497 e. The van der Waals surface area contributed by atoms with Gasteiger partial charge in [0.15, 0.2) is 0 Å². The molecule has 1 aromatic heterocycles. The monoisotopic (exact) mass is 707 g/mol. The van der Waals surface area contributed by atoms with E-state index >= 15 is 0 Å². The molecule has 0 aliphatic carbocycles. The first-order valence-electron chi connectivity index (χ1n) is 15.7. The second-order valence-electron chi connectivity index (χ2n) is 11.5. The van der Waals surface area contributed by atoms with E-state index in [9.17, 15) is 22.8 Å². The third-order valence-corrected chi connectivity index (χ3v) is 10.3. The number of aromatic nitrogens is 1. The summed E-state index contributed by atoms with van der Waals surface area (Å²) in [5.41, 5.74) is 3.00. The van der Waals surface area contributed by atoms with Crippen molar-refractivity contribution in [1.29, 1.82) is 0 Å². The molecule has 1 aliphatic heterocycles. The maximum Gasteiger partial charge on any atom is 0.254 e. The van der Waals surface area contributed by atoms with E-state index in [2.05, 4.69) is 15.6 Å². The fourth-order valence-electron chi connectivity index (χ4n) is 5.55. The lowest BCUT2D eigenvalue weighted by atomic mass is 10.1. The molecule has 2 amide bonds. The number of nitrogens with zero attached hydrogens (tertiary/aromatic N) is 3. The summed E-state index contributed by atoms with van der Waals surface area (Å²) in [5, 5.41) is 7.45. The minimum absolute atomic E-state index is 0.0489. The zero-order valence-corrected chi connectivity index (χ0v) is 29.1. The smallest absolute Gasteiger partial charge is 0.254 e. The molecule has 0 atom stereocenters. The van der Waals surface area contributed by atoms with Crippen molar-refractivity contribution in [3.63, 3.8) is 0 Å². The van der Waals surface area contributed by atoms with E-state index in [0.29, 0.717) is 48.0 Å². The van der Waals surface area contributed by atoms with Crippen LogP contribution in [0.2, 0.25) is 5.02 Å². The molecule has 5 rings (SSSR count). The molecular formula is C35H38ClN5O7S. The van der Waals surface area contributed by atoms with Gasteiger partial charge in [0.05, 0.1) is 30.3 Å². The second-order valence-corrected chi connectivity index (χ2v) is 13.9. The maximum atomic E-state index is 13.8. The topological polar surface area (TPSA) is 147 Å². The molecule has 14 heteroatoms. The molecule has 1 aliphatic rings. The fraction of sp³-hybridized carbons (Fsp3) is 0.314. The van der Waals surface area contributed by atoms with Crippen LogP contribution in [0.4, 0.5) is 11.4 Å². The summed E-state index contributed by atoms with van der Waals surface area (Å²) in [7, 11) is -1.09. The van der Waals surface area contributed by atoms with Crippen molar-refractivity contribution in [2.45, 2.75) is 31.1 Å². The van der Waals surface area contributed by atoms with Gasteiger partial charge in [-0.3, -0.25) is 19.4 Å². The summed E-state index contributed by atoms with van der Waals surface area (Å²) >= 11 is 6.25.